The Hall–Kier alpha value is -2.04. The number of para-hydroxylation sites is 1. The van der Waals surface area contributed by atoms with Crippen LogP contribution in [-0.4, -0.2) is 21.8 Å². The van der Waals surface area contributed by atoms with Crippen LogP contribution in [0.1, 0.15) is 24.6 Å². The third kappa shape index (κ3) is 1.25. The van der Waals surface area contributed by atoms with Crippen LogP contribution in [0.15, 0.2) is 18.2 Å². The maximum absolute atomic E-state index is 6.05. The Labute approximate surface area is 99.9 Å². The normalized spacial score (nSPS) is 17.8. The average Bonchev–Trinajstić information content (AvgIpc) is 2.68. The van der Waals surface area contributed by atoms with Gasteiger partial charge in [0, 0.05) is 7.05 Å². The number of aryl methyl sites for hydroxylation is 1. The SMILES string of the molecule is Cc1nc2n(n1)-c1cccc(N)c1N(C)[C@H]2C. The van der Waals surface area contributed by atoms with E-state index >= 15 is 0 Å². The Bertz CT molecular complexity index is 587. The van der Waals surface area contributed by atoms with Gasteiger partial charge in [0.05, 0.1) is 23.1 Å². The topological polar surface area (TPSA) is 60.0 Å². The maximum atomic E-state index is 6.05. The van der Waals surface area contributed by atoms with E-state index in [1.807, 2.05) is 36.9 Å². The Morgan fingerprint density at radius 3 is 2.88 bits per heavy atom. The fourth-order valence-corrected chi connectivity index (χ4v) is 2.35. The molecule has 1 atom stereocenters. The van der Waals surface area contributed by atoms with E-state index < -0.39 is 0 Å². The van der Waals surface area contributed by atoms with Crippen molar-refractivity contribution in [1.29, 1.82) is 0 Å². The molecule has 2 aromatic rings. The van der Waals surface area contributed by atoms with E-state index in [0.717, 1.165) is 28.7 Å². The number of aromatic nitrogens is 3. The number of anilines is 2. The first kappa shape index (κ1) is 10.1. The molecule has 0 fully saturated rings. The van der Waals surface area contributed by atoms with Gasteiger partial charge in [0.15, 0.2) is 5.82 Å². The minimum Gasteiger partial charge on any atom is -0.397 e. The second kappa shape index (κ2) is 3.23. The van der Waals surface area contributed by atoms with Crippen LogP contribution in [0.5, 0.6) is 0 Å². The molecular formula is C12H15N5. The quantitative estimate of drug-likeness (QED) is 0.698. The molecule has 5 nitrogen and oxygen atoms in total. The number of rotatable bonds is 0. The van der Waals surface area contributed by atoms with E-state index in [1.165, 1.54) is 0 Å². The number of hydrogen-bond donors (Lipinski definition) is 1. The number of nitrogen functional groups attached to an aromatic ring is 1. The molecule has 3 rings (SSSR count). The summed E-state index contributed by atoms with van der Waals surface area (Å²) in [6.07, 6.45) is 0. The second-order valence-electron chi connectivity index (χ2n) is 4.43. The molecule has 0 spiro atoms. The van der Waals surface area contributed by atoms with Crippen LogP contribution in [-0.2, 0) is 0 Å². The van der Waals surface area contributed by atoms with Crippen LogP contribution in [0.3, 0.4) is 0 Å². The number of fused-ring (bicyclic) bond motifs is 3. The van der Waals surface area contributed by atoms with E-state index in [-0.39, 0.29) is 6.04 Å². The molecule has 0 bridgehead atoms. The Morgan fingerprint density at radius 1 is 1.35 bits per heavy atom. The van der Waals surface area contributed by atoms with Crippen LogP contribution in [0, 0.1) is 6.92 Å². The first-order valence-electron chi connectivity index (χ1n) is 5.65. The lowest BCUT2D eigenvalue weighted by Gasteiger charge is -2.33. The summed E-state index contributed by atoms with van der Waals surface area (Å²) >= 11 is 0. The zero-order valence-corrected chi connectivity index (χ0v) is 10.2. The van der Waals surface area contributed by atoms with Crippen molar-refractivity contribution in [2.24, 2.45) is 0 Å². The van der Waals surface area contributed by atoms with E-state index in [4.69, 9.17) is 5.73 Å². The van der Waals surface area contributed by atoms with Gasteiger partial charge in [-0.2, -0.15) is 5.10 Å². The van der Waals surface area contributed by atoms with Gasteiger partial charge in [-0.25, -0.2) is 9.67 Å². The molecule has 17 heavy (non-hydrogen) atoms. The van der Waals surface area contributed by atoms with Crippen molar-refractivity contribution in [3.8, 4) is 5.69 Å². The molecule has 1 aromatic carbocycles. The standard InChI is InChI=1S/C12H15N5/c1-7-12-14-8(2)15-17(12)10-6-4-5-9(13)11(10)16(7)3/h4-7H,13H2,1-3H3/t7-/m0/s1. The third-order valence-electron chi connectivity index (χ3n) is 3.32. The summed E-state index contributed by atoms with van der Waals surface area (Å²) in [6.45, 7) is 4.01. The maximum Gasteiger partial charge on any atom is 0.154 e. The zero-order valence-electron chi connectivity index (χ0n) is 10.2. The molecule has 0 saturated carbocycles. The molecule has 0 aliphatic carbocycles. The van der Waals surface area contributed by atoms with Gasteiger partial charge in [0.1, 0.15) is 5.82 Å². The van der Waals surface area contributed by atoms with Crippen molar-refractivity contribution in [2.75, 3.05) is 17.7 Å². The first-order valence-corrected chi connectivity index (χ1v) is 5.65. The lowest BCUT2D eigenvalue weighted by Crippen LogP contribution is -2.31. The van der Waals surface area contributed by atoms with Crippen LogP contribution >= 0.6 is 0 Å². The molecule has 88 valence electrons. The molecule has 1 aliphatic rings. The van der Waals surface area contributed by atoms with Gasteiger partial charge in [0.25, 0.3) is 0 Å². The van der Waals surface area contributed by atoms with Crippen LogP contribution in [0.25, 0.3) is 5.69 Å². The predicted molar refractivity (Wildman–Crippen MR) is 67.3 cm³/mol. The minimum absolute atomic E-state index is 0.174. The molecule has 0 amide bonds. The van der Waals surface area contributed by atoms with Gasteiger partial charge in [0.2, 0.25) is 0 Å². The predicted octanol–water partition coefficient (Wildman–Crippen LogP) is 1.67. The van der Waals surface area contributed by atoms with Crippen molar-refractivity contribution < 1.29 is 0 Å². The highest BCUT2D eigenvalue weighted by molar-refractivity contribution is 5.78. The number of benzene rings is 1. The van der Waals surface area contributed by atoms with Crippen molar-refractivity contribution in [1.82, 2.24) is 14.8 Å². The zero-order chi connectivity index (χ0) is 12.2. The largest absolute Gasteiger partial charge is 0.397 e. The molecule has 2 heterocycles. The van der Waals surface area contributed by atoms with Crippen LogP contribution in [0.2, 0.25) is 0 Å². The molecule has 2 N–H and O–H groups in total. The third-order valence-corrected chi connectivity index (χ3v) is 3.32. The molecule has 0 radical (unpaired) electrons. The van der Waals surface area contributed by atoms with Crippen molar-refractivity contribution >= 4 is 11.4 Å². The molecule has 1 aliphatic heterocycles. The molecule has 0 unspecified atom stereocenters. The van der Waals surface area contributed by atoms with E-state index in [1.54, 1.807) is 0 Å². The second-order valence-corrected chi connectivity index (χ2v) is 4.43. The van der Waals surface area contributed by atoms with Crippen molar-refractivity contribution in [3.05, 3.63) is 29.8 Å². The summed E-state index contributed by atoms with van der Waals surface area (Å²) in [5.41, 5.74) is 8.85. The van der Waals surface area contributed by atoms with E-state index in [0.29, 0.717) is 0 Å². The molecule has 5 heteroatoms. The first-order chi connectivity index (χ1) is 8.09. The van der Waals surface area contributed by atoms with Gasteiger partial charge in [-0.1, -0.05) is 6.07 Å². The highest BCUT2D eigenvalue weighted by atomic mass is 15.4. The Kier molecular flexibility index (Phi) is 1.92. The molecular weight excluding hydrogens is 214 g/mol. The summed E-state index contributed by atoms with van der Waals surface area (Å²) in [4.78, 5) is 6.63. The van der Waals surface area contributed by atoms with Gasteiger partial charge in [-0.15, -0.1) is 0 Å². The van der Waals surface area contributed by atoms with Crippen molar-refractivity contribution in [3.63, 3.8) is 0 Å². The van der Waals surface area contributed by atoms with Crippen LogP contribution in [0.4, 0.5) is 11.4 Å². The average molecular weight is 229 g/mol. The summed E-state index contributed by atoms with van der Waals surface area (Å²) in [5.74, 6) is 1.75. The number of hydrogen-bond acceptors (Lipinski definition) is 4. The smallest absolute Gasteiger partial charge is 0.154 e. The fourth-order valence-electron chi connectivity index (χ4n) is 2.35. The highest BCUT2D eigenvalue weighted by Gasteiger charge is 2.29. The number of nitrogens with zero attached hydrogens (tertiary/aromatic N) is 4. The Morgan fingerprint density at radius 2 is 2.12 bits per heavy atom. The monoisotopic (exact) mass is 229 g/mol. The molecule has 0 saturated heterocycles. The van der Waals surface area contributed by atoms with Crippen molar-refractivity contribution in [2.45, 2.75) is 19.9 Å². The van der Waals surface area contributed by atoms with Gasteiger partial charge in [-0.3, -0.25) is 0 Å². The summed E-state index contributed by atoms with van der Waals surface area (Å²) < 4.78 is 1.89. The van der Waals surface area contributed by atoms with Gasteiger partial charge >= 0.3 is 0 Å². The minimum atomic E-state index is 0.174. The summed E-state index contributed by atoms with van der Waals surface area (Å²) in [6, 6.07) is 6.05. The van der Waals surface area contributed by atoms with E-state index in [2.05, 4.69) is 21.9 Å². The number of nitrogens with two attached hydrogens (primary N) is 1. The van der Waals surface area contributed by atoms with E-state index in [9.17, 15) is 0 Å². The fraction of sp³-hybridized carbons (Fsp3) is 0.333. The van der Waals surface area contributed by atoms with Gasteiger partial charge < -0.3 is 10.6 Å². The van der Waals surface area contributed by atoms with Gasteiger partial charge in [-0.05, 0) is 26.0 Å². The molecule has 1 aromatic heterocycles. The highest BCUT2D eigenvalue weighted by Crippen LogP contribution is 2.39. The Balaban J connectivity index is 2.35. The summed E-state index contributed by atoms with van der Waals surface area (Å²) in [5, 5.41) is 4.44. The lowest BCUT2D eigenvalue weighted by molar-refractivity contribution is 0.624. The lowest BCUT2D eigenvalue weighted by atomic mass is 10.1. The van der Waals surface area contributed by atoms with Crippen LogP contribution < -0.4 is 10.6 Å². The summed E-state index contributed by atoms with van der Waals surface area (Å²) in [7, 11) is 2.04.